The Morgan fingerprint density at radius 1 is 1.10 bits per heavy atom. The fraction of sp³-hybridized carbons (Fsp3) is 0.471. The predicted molar refractivity (Wildman–Crippen MR) is 159 cm³/mol. The van der Waals surface area contributed by atoms with E-state index in [1.165, 1.54) is 29.9 Å². The topological polar surface area (TPSA) is 60.0 Å². The highest BCUT2D eigenvalue weighted by atomic mass is 16.5. The number of ketones is 1. The van der Waals surface area contributed by atoms with Gasteiger partial charge in [-0.1, -0.05) is 30.4 Å². The average molecular weight is 544 g/mol. The first kappa shape index (κ1) is 28.4. The lowest BCUT2D eigenvalue weighted by Crippen LogP contribution is -2.44. The number of hydrogen-bond donors (Lipinski definition) is 1. The molecular weight excluding hydrogens is 500 g/mol. The maximum absolute atomic E-state index is 12.8. The molecule has 2 aromatic rings. The minimum Gasteiger partial charge on any atom is -0.493 e. The highest BCUT2D eigenvalue weighted by Crippen LogP contribution is 2.47. The molecule has 1 radical (unpaired) electrons. The second-order valence-corrected chi connectivity index (χ2v) is 11.4. The van der Waals surface area contributed by atoms with E-state index in [4.69, 9.17) is 14.2 Å². The van der Waals surface area contributed by atoms with Crippen LogP contribution in [0, 0.1) is 5.92 Å². The fourth-order valence-electron chi connectivity index (χ4n) is 5.85. The summed E-state index contributed by atoms with van der Waals surface area (Å²) in [5.74, 6) is 3.21. The van der Waals surface area contributed by atoms with Gasteiger partial charge in [-0.15, -0.1) is 0 Å². The summed E-state index contributed by atoms with van der Waals surface area (Å²) in [5, 5.41) is 3.70. The number of methoxy groups -OCH3 is 1. The molecule has 0 unspecified atom stereocenters. The third-order valence-corrected chi connectivity index (χ3v) is 7.93. The summed E-state index contributed by atoms with van der Waals surface area (Å²) in [6, 6.07) is 14.0. The number of hydrogen-bond acceptors (Lipinski definition) is 6. The first-order valence-corrected chi connectivity index (χ1v) is 14.8. The lowest BCUT2D eigenvalue weighted by molar-refractivity contribution is 0.0584. The zero-order chi connectivity index (χ0) is 28.1. The molecule has 2 atom stereocenters. The quantitative estimate of drug-likeness (QED) is 0.277. The molecule has 0 bridgehead atoms. The Morgan fingerprint density at radius 3 is 2.60 bits per heavy atom. The molecule has 6 heteroatoms. The third-order valence-electron chi connectivity index (χ3n) is 7.93. The summed E-state index contributed by atoms with van der Waals surface area (Å²) in [6.07, 6.45) is 7.61. The van der Waals surface area contributed by atoms with E-state index in [0.717, 1.165) is 67.2 Å². The summed E-state index contributed by atoms with van der Waals surface area (Å²) < 4.78 is 17.9. The van der Waals surface area contributed by atoms with Gasteiger partial charge in [0.05, 0.1) is 24.7 Å². The fourth-order valence-corrected chi connectivity index (χ4v) is 5.85. The van der Waals surface area contributed by atoms with Crippen LogP contribution in [-0.2, 0) is 4.74 Å². The first-order valence-electron chi connectivity index (χ1n) is 14.8. The van der Waals surface area contributed by atoms with Gasteiger partial charge in [-0.2, -0.15) is 0 Å². The highest BCUT2D eigenvalue weighted by Gasteiger charge is 2.34. The molecule has 2 aliphatic heterocycles. The Labute approximate surface area is 239 Å². The molecule has 2 aromatic carbocycles. The van der Waals surface area contributed by atoms with E-state index in [9.17, 15) is 4.79 Å². The molecule has 0 saturated carbocycles. The second kappa shape index (κ2) is 13.0. The summed E-state index contributed by atoms with van der Waals surface area (Å²) >= 11 is 0. The number of fused-ring (bicyclic) bond motifs is 3. The molecule has 5 rings (SSSR count). The normalized spacial score (nSPS) is 18.1. The zero-order valence-corrected chi connectivity index (χ0v) is 24.2. The van der Waals surface area contributed by atoms with Gasteiger partial charge in [-0.3, -0.25) is 4.79 Å². The molecule has 1 fully saturated rings. The van der Waals surface area contributed by atoms with Crippen molar-refractivity contribution in [2.24, 2.45) is 0 Å². The molecule has 213 valence electrons. The van der Waals surface area contributed by atoms with E-state index in [1.807, 2.05) is 38.1 Å². The van der Waals surface area contributed by atoms with Crippen LogP contribution in [0.25, 0.3) is 0 Å². The Morgan fingerprint density at radius 2 is 1.88 bits per heavy atom. The number of Topliss-reactive ketones (excluding diaryl/α,β-unsaturated/α-hetero) is 1. The van der Waals surface area contributed by atoms with Gasteiger partial charge in [-0.05, 0) is 88.5 Å². The first-order chi connectivity index (χ1) is 19.4. The van der Waals surface area contributed by atoms with Crippen LogP contribution in [0.3, 0.4) is 0 Å². The van der Waals surface area contributed by atoms with Crippen molar-refractivity contribution in [3.63, 3.8) is 0 Å². The number of carbonyl (C=O) groups is 1. The molecule has 1 saturated heterocycles. The molecule has 0 aromatic heterocycles. The Bertz CT molecular complexity index is 1210. The summed E-state index contributed by atoms with van der Waals surface area (Å²) in [7, 11) is 1.78. The van der Waals surface area contributed by atoms with Crippen molar-refractivity contribution in [1.29, 1.82) is 0 Å². The van der Waals surface area contributed by atoms with Crippen molar-refractivity contribution in [2.45, 2.75) is 70.6 Å². The van der Waals surface area contributed by atoms with Gasteiger partial charge < -0.3 is 24.4 Å². The maximum Gasteiger partial charge on any atom is 0.162 e. The molecule has 0 spiro atoms. The average Bonchev–Trinajstić information content (AvgIpc) is 3.55. The van der Waals surface area contributed by atoms with Crippen LogP contribution in [0.1, 0.15) is 80.0 Å². The Kier molecular flexibility index (Phi) is 9.28. The number of nitrogens with one attached hydrogen (secondary N) is 1. The SMILES string of the molecule is C=C(CCCC(=O)c1ccc(OC(C)C)cc1)N[C@H](CN1CCCC1)[C@H](OC)c1ccc2c(c1)OCCC1=C[C]12. The van der Waals surface area contributed by atoms with Gasteiger partial charge in [-0.25, -0.2) is 0 Å². The second-order valence-electron chi connectivity index (χ2n) is 11.4. The van der Waals surface area contributed by atoms with Crippen molar-refractivity contribution in [1.82, 2.24) is 10.2 Å². The van der Waals surface area contributed by atoms with Crippen molar-refractivity contribution in [2.75, 3.05) is 33.4 Å². The maximum atomic E-state index is 12.8. The van der Waals surface area contributed by atoms with Gasteiger partial charge >= 0.3 is 0 Å². The molecule has 1 N–H and O–H groups in total. The predicted octanol–water partition coefficient (Wildman–Crippen LogP) is 6.43. The number of benzene rings is 2. The molecule has 6 nitrogen and oxygen atoms in total. The van der Waals surface area contributed by atoms with Crippen molar-refractivity contribution in [3.05, 3.63) is 89.0 Å². The van der Waals surface area contributed by atoms with Crippen LogP contribution in [0.15, 0.2) is 66.4 Å². The van der Waals surface area contributed by atoms with Crippen LogP contribution >= 0.6 is 0 Å². The van der Waals surface area contributed by atoms with E-state index in [-0.39, 0.29) is 24.0 Å². The zero-order valence-electron chi connectivity index (χ0n) is 24.2. The minimum atomic E-state index is -0.153. The van der Waals surface area contributed by atoms with Crippen LogP contribution < -0.4 is 14.8 Å². The van der Waals surface area contributed by atoms with E-state index < -0.39 is 0 Å². The minimum absolute atomic E-state index is 0.0332. The van der Waals surface area contributed by atoms with E-state index in [0.29, 0.717) is 13.0 Å². The van der Waals surface area contributed by atoms with Gasteiger partial charge in [0.2, 0.25) is 0 Å². The molecule has 0 amide bonds. The lowest BCUT2D eigenvalue weighted by atomic mass is 9.96. The van der Waals surface area contributed by atoms with Gasteiger partial charge in [0.15, 0.2) is 5.78 Å². The van der Waals surface area contributed by atoms with E-state index >= 15 is 0 Å². The number of carbonyl (C=O) groups excluding carboxylic acids is 1. The summed E-state index contributed by atoms with van der Waals surface area (Å²) in [6.45, 7) is 12.1. The van der Waals surface area contributed by atoms with Crippen LogP contribution in [0.2, 0.25) is 0 Å². The van der Waals surface area contributed by atoms with Gasteiger partial charge in [0, 0.05) is 43.3 Å². The number of nitrogens with zero attached hydrogens (tertiary/aromatic N) is 1. The molecule has 40 heavy (non-hydrogen) atoms. The number of rotatable bonds is 14. The van der Waals surface area contributed by atoms with E-state index in [2.05, 4.69) is 41.1 Å². The number of ether oxygens (including phenoxy) is 3. The summed E-state index contributed by atoms with van der Waals surface area (Å²) in [5.41, 5.74) is 5.36. The number of allylic oxidation sites excluding steroid dienone is 2. The molecule has 1 aliphatic carbocycles. The summed E-state index contributed by atoms with van der Waals surface area (Å²) in [4.78, 5) is 15.3. The van der Waals surface area contributed by atoms with E-state index in [1.54, 1.807) is 7.11 Å². The molecule has 2 heterocycles. The van der Waals surface area contributed by atoms with Crippen LogP contribution in [-0.4, -0.2) is 56.2 Å². The van der Waals surface area contributed by atoms with Crippen LogP contribution in [0.5, 0.6) is 11.5 Å². The highest BCUT2D eigenvalue weighted by molar-refractivity contribution is 5.96. The standard InChI is InChI=1S/C34H43N2O4/c1-23(2)40-28-13-10-25(11-14-28)32(37)9-7-8-24(3)35-31(22-36-17-5-6-18-36)34(38-4)27-12-15-29-30-20-26(30)16-19-39-33(29)21-27/h10-15,20-21,23,31,34-35H,3,5-9,16-19,22H2,1-2,4H3/t31-,34-/m1/s1. The smallest absolute Gasteiger partial charge is 0.162 e. The van der Waals surface area contributed by atoms with Crippen LogP contribution in [0.4, 0.5) is 0 Å². The molecule has 3 aliphatic rings. The van der Waals surface area contributed by atoms with Crippen molar-refractivity contribution >= 4 is 5.78 Å². The largest absolute Gasteiger partial charge is 0.493 e. The van der Waals surface area contributed by atoms with Crippen molar-refractivity contribution < 1.29 is 19.0 Å². The monoisotopic (exact) mass is 543 g/mol. The number of likely N-dealkylation sites (tertiary alicyclic amines) is 1. The Hall–Kier alpha value is -3.09. The van der Waals surface area contributed by atoms with Gasteiger partial charge in [0.25, 0.3) is 0 Å². The lowest BCUT2D eigenvalue weighted by Gasteiger charge is -2.32. The van der Waals surface area contributed by atoms with Crippen molar-refractivity contribution in [3.8, 4) is 11.5 Å². The third kappa shape index (κ3) is 7.15. The molecular formula is C34H43N2O4. The van der Waals surface area contributed by atoms with Gasteiger partial charge in [0.1, 0.15) is 17.6 Å². The Balaban J connectivity index is 1.20.